The summed E-state index contributed by atoms with van der Waals surface area (Å²) >= 11 is 0. The molecule has 5 rings (SSSR count). The van der Waals surface area contributed by atoms with Crippen molar-refractivity contribution in [2.75, 3.05) is 18.8 Å². The molecule has 12 nitrogen and oxygen atoms in total. The molecule has 3 saturated heterocycles. The summed E-state index contributed by atoms with van der Waals surface area (Å²) in [6.07, 6.45) is 14.3. The van der Waals surface area contributed by atoms with Gasteiger partial charge in [-0.3, -0.25) is 19.2 Å². The fourth-order valence-electron chi connectivity index (χ4n) is 9.51. The van der Waals surface area contributed by atoms with E-state index in [2.05, 4.69) is 41.7 Å². The first-order chi connectivity index (χ1) is 23.8. The van der Waals surface area contributed by atoms with Gasteiger partial charge in [0.2, 0.25) is 17.6 Å². The quantitative estimate of drug-likeness (QED) is 0.230. The summed E-state index contributed by atoms with van der Waals surface area (Å²) in [5.41, 5.74) is -1.04. The van der Waals surface area contributed by atoms with Crippen LogP contribution < -0.4 is 21.3 Å². The third kappa shape index (κ3) is 8.39. The number of fused-ring (bicyclic) bond motifs is 3. The van der Waals surface area contributed by atoms with Crippen molar-refractivity contribution in [3.05, 3.63) is 12.7 Å². The Morgan fingerprint density at radius 1 is 0.900 bits per heavy atom. The van der Waals surface area contributed by atoms with Crippen LogP contribution in [0.5, 0.6) is 0 Å². The van der Waals surface area contributed by atoms with Gasteiger partial charge in [0.25, 0.3) is 5.91 Å². The van der Waals surface area contributed by atoms with E-state index in [4.69, 9.17) is 0 Å². The van der Waals surface area contributed by atoms with Crippen molar-refractivity contribution in [1.29, 1.82) is 0 Å². The van der Waals surface area contributed by atoms with Crippen molar-refractivity contribution in [1.82, 2.24) is 26.2 Å². The lowest BCUT2D eigenvalue weighted by molar-refractivity contribution is -0.144. The van der Waals surface area contributed by atoms with Crippen LogP contribution in [0.3, 0.4) is 0 Å². The molecule has 0 aromatic rings. The van der Waals surface area contributed by atoms with Crippen LogP contribution >= 0.6 is 0 Å². The maximum Gasteiger partial charge on any atom is 0.315 e. The van der Waals surface area contributed by atoms with Crippen LogP contribution in [0.15, 0.2) is 12.7 Å². The fourth-order valence-corrected chi connectivity index (χ4v) is 11.9. The minimum absolute atomic E-state index is 0.0883. The molecule has 280 valence electrons. The summed E-state index contributed by atoms with van der Waals surface area (Å²) in [5, 5.41) is 10.8. The molecule has 3 heterocycles. The normalized spacial score (nSPS) is 32.7. The highest BCUT2D eigenvalue weighted by Crippen LogP contribution is 2.65. The van der Waals surface area contributed by atoms with E-state index in [1.54, 1.807) is 4.90 Å². The third-order valence-corrected chi connectivity index (χ3v) is 14.8. The number of ketones is 1. The first kappa shape index (κ1) is 38.3. The maximum absolute atomic E-state index is 14.5. The molecule has 2 saturated carbocycles. The SMILES string of the molecule is C=CCNC(=O)C(=O)[C@H]1CCCCCCCCCC[C@@H](NC(=O)NC2([C@H]3CCCS3(=O)=O)CCCCC2)C(=O)N2C[C@H]3[C@@H]([C@H]2C(=O)N1)C3(C)C. The van der Waals surface area contributed by atoms with Gasteiger partial charge in [-0.15, -0.1) is 6.58 Å². The number of hydrogen-bond acceptors (Lipinski definition) is 7. The zero-order valence-corrected chi connectivity index (χ0v) is 30.9. The second-order valence-electron chi connectivity index (χ2n) is 16.1. The zero-order valence-electron chi connectivity index (χ0n) is 30.1. The summed E-state index contributed by atoms with van der Waals surface area (Å²) in [5.74, 6) is -2.18. The van der Waals surface area contributed by atoms with E-state index in [1.165, 1.54) is 6.08 Å². The summed E-state index contributed by atoms with van der Waals surface area (Å²) in [6.45, 7) is 8.23. The summed E-state index contributed by atoms with van der Waals surface area (Å²) in [7, 11) is -3.34. The molecule has 0 bridgehead atoms. The van der Waals surface area contributed by atoms with E-state index in [1.807, 2.05) is 0 Å². The predicted octanol–water partition coefficient (Wildman–Crippen LogP) is 3.69. The first-order valence-electron chi connectivity index (χ1n) is 19.2. The summed E-state index contributed by atoms with van der Waals surface area (Å²) in [6, 6.07) is -3.30. The van der Waals surface area contributed by atoms with E-state index in [9.17, 15) is 32.4 Å². The van der Waals surface area contributed by atoms with Crippen LogP contribution in [0.2, 0.25) is 0 Å². The number of hydrogen-bond donors (Lipinski definition) is 4. The number of nitrogens with zero attached hydrogens (tertiary/aromatic N) is 1. The molecular formula is C37H59N5O7S. The van der Waals surface area contributed by atoms with Gasteiger partial charge in [-0.05, 0) is 55.8 Å². The second-order valence-corrected chi connectivity index (χ2v) is 18.4. The van der Waals surface area contributed by atoms with Crippen LogP contribution in [0.25, 0.3) is 0 Å². The van der Waals surface area contributed by atoms with Crippen LogP contribution in [0.4, 0.5) is 4.79 Å². The highest BCUT2D eigenvalue weighted by molar-refractivity contribution is 7.92. The molecule has 0 radical (unpaired) electrons. The van der Waals surface area contributed by atoms with Gasteiger partial charge >= 0.3 is 6.03 Å². The van der Waals surface area contributed by atoms with E-state index in [-0.39, 0.29) is 35.5 Å². The van der Waals surface area contributed by atoms with Gasteiger partial charge in [-0.1, -0.05) is 90.6 Å². The molecule has 50 heavy (non-hydrogen) atoms. The Hall–Kier alpha value is -2.96. The van der Waals surface area contributed by atoms with Gasteiger partial charge in [0.15, 0.2) is 9.84 Å². The number of amides is 5. The topological polar surface area (TPSA) is 171 Å². The Kier molecular flexibility index (Phi) is 12.4. The van der Waals surface area contributed by atoms with Crippen molar-refractivity contribution < 1.29 is 32.4 Å². The van der Waals surface area contributed by atoms with Crippen molar-refractivity contribution >= 4 is 39.4 Å². The number of nitrogens with one attached hydrogen (secondary N) is 4. The van der Waals surface area contributed by atoms with Crippen LogP contribution in [0.1, 0.15) is 123 Å². The second kappa shape index (κ2) is 16.2. The van der Waals surface area contributed by atoms with E-state index in [0.29, 0.717) is 51.5 Å². The third-order valence-electron chi connectivity index (χ3n) is 12.4. The van der Waals surface area contributed by atoms with Crippen LogP contribution in [-0.2, 0) is 29.0 Å². The standard InChI is InChI=1S/C37H59N5O7S/c1-4-22-38-33(45)31(43)26-17-12-9-7-5-6-8-10-13-18-27(34(46)42-24-25-29(36(25,2)3)30(42)32(44)39-26)40-35(47)41-37(20-14-11-15-21-37)28-19-16-23-50(28,48)49/h4,25-30H,1,5-24H2,2-3H3,(H,38,45)(H,39,44)(H2,40,41,47)/t25-,26+,27+,28+,29-,30-/m0/s1. The molecule has 13 heteroatoms. The van der Waals surface area contributed by atoms with Crippen molar-refractivity contribution in [2.24, 2.45) is 17.3 Å². The van der Waals surface area contributed by atoms with Crippen molar-refractivity contribution in [3.8, 4) is 0 Å². The predicted molar refractivity (Wildman–Crippen MR) is 191 cm³/mol. The monoisotopic (exact) mass is 717 g/mol. The zero-order chi connectivity index (χ0) is 36.1. The van der Waals surface area contributed by atoms with E-state index >= 15 is 0 Å². The number of Topliss-reactive ketones (excluding diaryl/α,β-unsaturated/α-hetero) is 1. The Balaban J connectivity index is 1.38. The number of carbonyl (C=O) groups is 5. The Morgan fingerprint density at radius 2 is 1.52 bits per heavy atom. The van der Waals surface area contributed by atoms with Gasteiger partial charge in [0, 0.05) is 13.1 Å². The van der Waals surface area contributed by atoms with Gasteiger partial charge < -0.3 is 26.2 Å². The van der Waals surface area contributed by atoms with E-state index < -0.39 is 62.4 Å². The van der Waals surface area contributed by atoms with Crippen LogP contribution in [0, 0.1) is 17.3 Å². The fraction of sp³-hybridized carbons (Fsp3) is 0.811. The molecule has 5 fully saturated rings. The molecule has 5 amide bonds. The molecule has 0 spiro atoms. The largest absolute Gasteiger partial charge is 0.346 e. The maximum atomic E-state index is 14.5. The molecule has 0 aromatic heterocycles. The lowest BCUT2D eigenvalue weighted by Gasteiger charge is -2.42. The Morgan fingerprint density at radius 3 is 2.14 bits per heavy atom. The molecule has 0 unspecified atom stereocenters. The van der Waals surface area contributed by atoms with Gasteiger partial charge in [0.05, 0.1) is 22.6 Å². The smallest absolute Gasteiger partial charge is 0.315 e. The minimum Gasteiger partial charge on any atom is -0.346 e. The van der Waals surface area contributed by atoms with Crippen molar-refractivity contribution in [3.63, 3.8) is 0 Å². The highest BCUT2D eigenvalue weighted by atomic mass is 32.2. The molecule has 6 atom stereocenters. The molecule has 0 aromatic carbocycles. The van der Waals surface area contributed by atoms with Gasteiger partial charge in [-0.25, -0.2) is 13.2 Å². The average Bonchev–Trinajstić information content (AvgIpc) is 3.38. The first-order valence-corrected chi connectivity index (χ1v) is 20.9. The van der Waals surface area contributed by atoms with Crippen molar-refractivity contribution in [2.45, 2.75) is 152 Å². The van der Waals surface area contributed by atoms with Crippen LogP contribution in [-0.4, -0.2) is 90.6 Å². The highest BCUT2D eigenvalue weighted by Gasteiger charge is 2.69. The Bertz CT molecular complexity index is 1410. The Labute approximate surface area is 298 Å². The molecule has 3 aliphatic heterocycles. The molecule has 4 N–H and O–H groups in total. The van der Waals surface area contributed by atoms with Gasteiger partial charge in [0.1, 0.15) is 12.1 Å². The molecular weight excluding hydrogens is 659 g/mol. The number of piperidine rings is 1. The number of sulfone groups is 1. The summed E-state index contributed by atoms with van der Waals surface area (Å²) < 4.78 is 26.2. The average molecular weight is 718 g/mol. The minimum atomic E-state index is -3.34. The molecule has 5 aliphatic rings. The number of rotatable bonds is 7. The lowest BCUT2D eigenvalue weighted by Crippen LogP contribution is -2.63. The summed E-state index contributed by atoms with van der Waals surface area (Å²) in [4.78, 5) is 70.0. The lowest BCUT2D eigenvalue weighted by atomic mass is 9.78. The van der Waals surface area contributed by atoms with Gasteiger partial charge in [-0.2, -0.15) is 0 Å². The van der Waals surface area contributed by atoms with E-state index in [0.717, 1.165) is 64.2 Å². The number of carbonyl (C=O) groups excluding carboxylic acids is 5. The number of urea groups is 1. The molecule has 2 aliphatic carbocycles.